The normalized spacial score (nSPS) is 12.2. The minimum absolute atomic E-state index is 0.159. The highest BCUT2D eigenvalue weighted by atomic mass is 35.5. The summed E-state index contributed by atoms with van der Waals surface area (Å²) in [5, 5.41) is 8.44. The Bertz CT molecular complexity index is 628. The molecule has 0 fully saturated rings. The Morgan fingerprint density at radius 2 is 2.09 bits per heavy atom. The molecule has 1 aromatic heterocycles. The molecule has 0 saturated heterocycles. The Morgan fingerprint density at radius 3 is 2.73 bits per heavy atom. The van der Waals surface area contributed by atoms with Crippen molar-refractivity contribution in [2.45, 2.75) is 13.0 Å². The van der Waals surface area contributed by atoms with E-state index in [0.717, 1.165) is 11.3 Å². The van der Waals surface area contributed by atoms with Crippen LogP contribution < -0.4 is 10.6 Å². The monoisotopic (exact) mass is 337 g/mol. The number of nitrogens with zero attached hydrogens (tertiary/aromatic N) is 1. The van der Waals surface area contributed by atoms with E-state index in [4.69, 9.17) is 11.6 Å². The van der Waals surface area contributed by atoms with Crippen LogP contribution in [0.3, 0.4) is 0 Å². The first-order valence-corrected chi connectivity index (χ1v) is 8.24. The molecule has 1 atom stereocenters. The highest BCUT2D eigenvalue weighted by molar-refractivity contribution is 7.10. The summed E-state index contributed by atoms with van der Waals surface area (Å²) in [6.45, 7) is 2.42. The molecule has 0 aliphatic rings. The standard InChI is InChI=1S/C16H20ClN3OS/c1-11-12(17)6-4-7-13(11)19-16(21)18-10-14(20(2)3)15-8-5-9-22-15/h4-9,14H,10H2,1-3H3,(H2,18,19,21)/t14-/m0/s1. The minimum atomic E-state index is -0.228. The van der Waals surface area contributed by atoms with Crippen LogP contribution in [0.15, 0.2) is 35.7 Å². The van der Waals surface area contributed by atoms with Gasteiger partial charge in [0.05, 0.1) is 6.04 Å². The molecule has 0 bridgehead atoms. The van der Waals surface area contributed by atoms with E-state index in [2.05, 4.69) is 21.6 Å². The number of hydrogen-bond acceptors (Lipinski definition) is 3. The van der Waals surface area contributed by atoms with Crippen LogP contribution in [0, 0.1) is 6.92 Å². The SMILES string of the molecule is Cc1c(Cl)cccc1NC(=O)NC[C@@H](c1cccs1)N(C)C. The number of amides is 2. The number of thiophene rings is 1. The maximum absolute atomic E-state index is 12.1. The van der Waals surface area contributed by atoms with Crippen molar-refractivity contribution in [1.29, 1.82) is 0 Å². The predicted octanol–water partition coefficient (Wildman–Crippen LogP) is 4.13. The fourth-order valence-electron chi connectivity index (χ4n) is 2.12. The first-order chi connectivity index (χ1) is 10.5. The van der Waals surface area contributed by atoms with Gasteiger partial charge < -0.3 is 15.5 Å². The lowest BCUT2D eigenvalue weighted by Gasteiger charge is -2.23. The van der Waals surface area contributed by atoms with Crippen molar-refractivity contribution in [3.63, 3.8) is 0 Å². The van der Waals surface area contributed by atoms with Crippen LogP contribution in [-0.4, -0.2) is 31.6 Å². The first kappa shape index (κ1) is 16.8. The number of anilines is 1. The van der Waals surface area contributed by atoms with E-state index in [9.17, 15) is 4.79 Å². The Morgan fingerprint density at radius 1 is 1.32 bits per heavy atom. The number of urea groups is 1. The summed E-state index contributed by atoms with van der Waals surface area (Å²) >= 11 is 7.75. The maximum Gasteiger partial charge on any atom is 0.319 e. The van der Waals surface area contributed by atoms with Gasteiger partial charge in [-0.1, -0.05) is 23.7 Å². The van der Waals surface area contributed by atoms with Crippen LogP contribution in [0.1, 0.15) is 16.5 Å². The Labute approximate surface area is 140 Å². The fraction of sp³-hybridized carbons (Fsp3) is 0.312. The molecule has 4 nitrogen and oxygen atoms in total. The summed E-state index contributed by atoms with van der Waals surface area (Å²) in [5.41, 5.74) is 1.59. The van der Waals surface area contributed by atoms with Gasteiger partial charge in [-0.05, 0) is 50.2 Å². The average Bonchev–Trinajstić information content (AvgIpc) is 2.98. The lowest BCUT2D eigenvalue weighted by molar-refractivity contribution is 0.244. The molecule has 1 heterocycles. The van der Waals surface area contributed by atoms with Crippen molar-refractivity contribution in [1.82, 2.24) is 10.2 Å². The van der Waals surface area contributed by atoms with Gasteiger partial charge in [0.25, 0.3) is 0 Å². The minimum Gasteiger partial charge on any atom is -0.336 e. The quantitative estimate of drug-likeness (QED) is 0.861. The largest absolute Gasteiger partial charge is 0.336 e. The number of rotatable bonds is 5. The summed E-state index contributed by atoms with van der Waals surface area (Å²) in [7, 11) is 4.01. The lowest BCUT2D eigenvalue weighted by atomic mass is 10.2. The average molecular weight is 338 g/mol. The summed E-state index contributed by atoms with van der Waals surface area (Å²) in [6.07, 6.45) is 0. The van der Waals surface area contributed by atoms with Gasteiger partial charge in [0.2, 0.25) is 0 Å². The van der Waals surface area contributed by atoms with Gasteiger partial charge in [-0.3, -0.25) is 0 Å². The second-order valence-corrected chi connectivity index (χ2v) is 6.63. The van der Waals surface area contributed by atoms with Crippen LogP contribution in [-0.2, 0) is 0 Å². The van der Waals surface area contributed by atoms with E-state index in [1.54, 1.807) is 17.4 Å². The molecular weight excluding hydrogens is 318 g/mol. The van der Waals surface area contributed by atoms with Gasteiger partial charge in [-0.25, -0.2) is 4.79 Å². The van der Waals surface area contributed by atoms with Gasteiger partial charge in [0.15, 0.2) is 0 Å². The van der Waals surface area contributed by atoms with Gasteiger partial charge in [-0.2, -0.15) is 0 Å². The number of hydrogen-bond donors (Lipinski definition) is 2. The van der Waals surface area contributed by atoms with Crippen LogP contribution in [0.2, 0.25) is 5.02 Å². The van der Waals surface area contributed by atoms with E-state index >= 15 is 0 Å². The molecule has 2 N–H and O–H groups in total. The van der Waals surface area contributed by atoms with E-state index < -0.39 is 0 Å². The van der Waals surface area contributed by atoms with Gasteiger partial charge in [0.1, 0.15) is 0 Å². The summed E-state index contributed by atoms with van der Waals surface area (Å²) in [6, 6.07) is 9.49. The molecule has 0 unspecified atom stereocenters. The Balaban J connectivity index is 1.96. The molecule has 22 heavy (non-hydrogen) atoms. The Kier molecular flexibility index (Phi) is 5.83. The number of nitrogens with one attached hydrogen (secondary N) is 2. The zero-order chi connectivity index (χ0) is 16.1. The lowest BCUT2D eigenvalue weighted by Crippen LogP contribution is -2.36. The molecule has 0 aliphatic heterocycles. The van der Waals surface area contributed by atoms with Crippen molar-refractivity contribution in [2.75, 3.05) is 26.0 Å². The fourth-order valence-corrected chi connectivity index (χ4v) is 3.21. The third kappa shape index (κ3) is 4.22. The molecular formula is C16H20ClN3OS. The predicted molar refractivity (Wildman–Crippen MR) is 94.0 cm³/mol. The number of likely N-dealkylation sites (N-methyl/N-ethyl adjacent to an activating group) is 1. The molecule has 2 aromatic rings. The smallest absolute Gasteiger partial charge is 0.319 e. The second-order valence-electron chi connectivity index (χ2n) is 5.24. The molecule has 118 valence electrons. The highest BCUT2D eigenvalue weighted by Crippen LogP contribution is 2.24. The van der Waals surface area contributed by atoms with Crippen molar-refractivity contribution in [3.05, 3.63) is 51.2 Å². The highest BCUT2D eigenvalue weighted by Gasteiger charge is 2.16. The van der Waals surface area contributed by atoms with E-state index in [1.807, 2.05) is 44.6 Å². The second kappa shape index (κ2) is 7.63. The first-order valence-electron chi connectivity index (χ1n) is 6.99. The number of carbonyl (C=O) groups is 1. The van der Waals surface area contributed by atoms with Crippen molar-refractivity contribution >= 4 is 34.7 Å². The summed E-state index contributed by atoms with van der Waals surface area (Å²) in [4.78, 5) is 15.4. The number of halogens is 1. The summed E-state index contributed by atoms with van der Waals surface area (Å²) in [5.74, 6) is 0. The van der Waals surface area contributed by atoms with Crippen molar-refractivity contribution in [2.24, 2.45) is 0 Å². The van der Waals surface area contributed by atoms with Crippen molar-refractivity contribution in [3.8, 4) is 0 Å². The van der Waals surface area contributed by atoms with Crippen LogP contribution in [0.4, 0.5) is 10.5 Å². The molecule has 0 saturated carbocycles. The van der Waals surface area contributed by atoms with Gasteiger partial charge in [-0.15, -0.1) is 11.3 Å². The zero-order valence-corrected chi connectivity index (χ0v) is 14.5. The summed E-state index contributed by atoms with van der Waals surface area (Å²) < 4.78 is 0. The molecule has 6 heteroatoms. The molecule has 0 aliphatic carbocycles. The van der Waals surface area contributed by atoms with E-state index in [1.165, 1.54) is 4.88 Å². The Hall–Kier alpha value is -1.56. The third-order valence-corrected chi connectivity index (χ3v) is 4.85. The topological polar surface area (TPSA) is 44.4 Å². The van der Waals surface area contributed by atoms with Gasteiger partial charge >= 0.3 is 6.03 Å². The molecule has 0 spiro atoms. The van der Waals surface area contributed by atoms with E-state index in [-0.39, 0.29) is 12.1 Å². The molecule has 1 aromatic carbocycles. The zero-order valence-electron chi connectivity index (χ0n) is 12.9. The maximum atomic E-state index is 12.1. The molecule has 2 amide bonds. The van der Waals surface area contributed by atoms with Gasteiger partial charge in [0, 0.05) is 22.1 Å². The van der Waals surface area contributed by atoms with Crippen LogP contribution in [0.5, 0.6) is 0 Å². The molecule has 2 rings (SSSR count). The molecule has 0 radical (unpaired) electrons. The van der Waals surface area contributed by atoms with Crippen LogP contribution in [0.25, 0.3) is 0 Å². The third-order valence-electron chi connectivity index (χ3n) is 3.47. The van der Waals surface area contributed by atoms with Crippen LogP contribution >= 0.6 is 22.9 Å². The van der Waals surface area contributed by atoms with E-state index in [0.29, 0.717) is 11.6 Å². The van der Waals surface area contributed by atoms with Crippen molar-refractivity contribution < 1.29 is 4.79 Å². The number of benzene rings is 1. The number of carbonyl (C=O) groups excluding carboxylic acids is 1.